The van der Waals surface area contributed by atoms with Gasteiger partial charge in [-0.15, -0.1) is 0 Å². The minimum atomic E-state index is -5.19. The standard InChI is InChI=1S/C31H37F7N4O10/c1-14-9-23(32)15(2)8-22(14)24-13-21(42-30(49,50)28(45,46)41(17(4)43)29(47,48)31(42,51)52)6-7-40(24)25(44)39(5)16(3)18-10-19(26(33,34)35)12-20(11-18)27(36,37)38/h8-12,16,21,24,45-52H,6-7,13H2,1-5H3. The molecule has 21 heteroatoms. The largest absolute Gasteiger partial charge is 0.416 e. The van der Waals surface area contributed by atoms with Crippen molar-refractivity contribution in [3.63, 3.8) is 0 Å². The molecule has 2 aliphatic heterocycles. The van der Waals surface area contributed by atoms with E-state index >= 15 is 0 Å². The summed E-state index contributed by atoms with van der Waals surface area (Å²) >= 11 is 0. The van der Waals surface area contributed by atoms with Crippen molar-refractivity contribution < 1.29 is 81.2 Å². The third-order valence-electron chi connectivity index (χ3n) is 9.58. The van der Waals surface area contributed by atoms with Gasteiger partial charge in [-0.05, 0) is 80.1 Å². The number of aliphatic hydroxyl groups is 8. The predicted molar refractivity (Wildman–Crippen MR) is 159 cm³/mol. The number of alkyl halides is 6. The fourth-order valence-corrected chi connectivity index (χ4v) is 6.69. The molecule has 0 aliphatic carbocycles. The number of carbonyl (C=O) groups is 2. The highest BCUT2D eigenvalue weighted by Gasteiger charge is 2.79. The first kappa shape index (κ1) is 41.1. The lowest BCUT2D eigenvalue weighted by Gasteiger charge is -2.62. The van der Waals surface area contributed by atoms with Gasteiger partial charge in [-0.2, -0.15) is 31.2 Å². The molecule has 2 heterocycles. The van der Waals surface area contributed by atoms with Crippen molar-refractivity contribution >= 4 is 11.9 Å². The predicted octanol–water partition coefficient (Wildman–Crippen LogP) is 1.52. The first-order chi connectivity index (χ1) is 23.4. The Balaban J connectivity index is 1.81. The van der Waals surface area contributed by atoms with Gasteiger partial charge in [-0.3, -0.25) is 4.79 Å². The van der Waals surface area contributed by atoms with Crippen LogP contribution in [-0.2, 0) is 17.1 Å². The summed E-state index contributed by atoms with van der Waals surface area (Å²) in [5.74, 6) is -19.7. The van der Waals surface area contributed by atoms with Gasteiger partial charge in [0.2, 0.25) is 5.91 Å². The number of hydrogen-bond donors (Lipinski definition) is 8. The first-order valence-electron chi connectivity index (χ1n) is 15.4. The number of piperidine rings is 1. The van der Waals surface area contributed by atoms with Crippen LogP contribution in [0.4, 0.5) is 35.5 Å². The van der Waals surface area contributed by atoms with Crippen LogP contribution in [0, 0.1) is 19.7 Å². The fraction of sp³-hybridized carbons (Fsp3) is 0.548. The second kappa shape index (κ2) is 13.0. The van der Waals surface area contributed by atoms with Crippen molar-refractivity contribution in [3.05, 3.63) is 69.5 Å². The number of benzene rings is 2. The van der Waals surface area contributed by atoms with E-state index in [9.17, 15) is 81.2 Å². The minimum Gasteiger partial charge on any atom is -0.347 e. The van der Waals surface area contributed by atoms with Crippen molar-refractivity contribution in [2.24, 2.45) is 0 Å². The molecule has 8 N–H and O–H groups in total. The van der Waals surface area contributed by atoms with Crippen LogP contribution in [0.2, 0.25) is 0 Å². The van der Waals surface area contributed by atoms with Crippen molar-refractivity contribution in [2.45, 2.75) is 94.7 Å². The van der Waals surface area contributed by atoms with Gasteiger partial charge in [0.1, 0.15) is 5.82 Å². The average molecular weight is 759 g/mol. The number of urea groups is 1. The van der Waals surface area contributed by atoms with E-state index in [1.165, 1.54) is 19.9 Å². The maximum Gasteiger partial charge on any atom is 0.416 e. The Hall–Kier alpha value is -3.67. The molecule has 14 nitrogen and oxygen atoms in total. The average Bonchev–Trinajstić information content (AvgIpc) is 2.99. The number of carbonyl (C=O) groups excluding carboxylic acids is 2. The molecular formula is C31H37F7N4O10. The number of hydrogen-bond acceptors (Lipinski definition) is 11. The normalized spacial score (nSPS) is 23.7. The van der Waals surface area contributed by atoms with Gasteiger partial charge in [-0.1, -0.05) is 6.07 Å². The maximum atomic E-state index is 14.5. The third kappa shape index (κ3) is 6.69. The van der Waals surface area contributed by atoms with E-state index in [4.69, 9.17) is 0 Å². The van der Waals surface area contributed by atoms with Crippen molar-refractivity contribution in [1.82, 2.24) is 19.6 Å². The van der Waals surface area contributed by atoms with Crippen LogP contribution in [0.25, 0.3) is 0 Å². The molecule has 0 saturated carbocycles. The van der Waals surface area contributed by atoms with Gasteiger partial charge in [-0.25, -0.2) is 14.1 Å². The lowest BCUT2D eigenvalue weighted by atomic mass is 9.86. The summed E-state index contributed by atoms with van der Waals surface area (Å²) in [6.07, 6.45) is -11.7. The van der Waals surface area contributed by atoms with Gasteiger partial charge in [0.05, 0.1) is 23.2 Å². The Labute approximate surface area is 290 Å². The van der Waals surface area contributed by atoms with E-state index < -0.39 is 113 Å². The van der Waals surface area contributed by atoms with E-state index in [0.29, 0.717) is 19.1 Å². The zero-order chi connectivity index (χ0) is 39.9. The summed E-state index contributed by atoms with van der Waals surface area (Å²) in [4.78, 5) is 26.9. The summed E-state index contributed by atoms with van der Waals surface area (Å²) in [7, 11) is 1.07. The lowest BCUT2D eigenvalue weighted by Crippen LogP contribution is -2.92. The van der Waals surface area contributed by atoms with Crippen LogP contribution in [0.5, 0.6) is 0 Å². The van der Waals surface area contributed by atoms with Crippen LogP contribution in [0.15, 0.2) is 30.3 Å². The second-order valence-electron chi connectivity index (χ2n) is 13.0. The SMILES string of the molecule is CC(=O)N1C(O)(O)C(O)(O)N(C2CCN(C(=O)N(C)C(C)c3cc(C(F)(F)F)cc(C(F)(F)F)c3)C(c3cc(C)c(F)cc3C)C2)C(O)(O)C1(O)O. The van der Waals surface area contributed by atoms with E-state index in [1.807, 2.05) is 0 Å². The molecule has 0 aromatic heterocycles. The van der Waals surface area contributed by atoms with Crippen molar-refractivity contribution in [1.29, 1.82) is 0 Å². The highest BCUT2D eigenvalue weighted by Crippen LogP contribution is 2.49. The summed E-state index contributed by atoms with van der Waals surface area (Å²) in [6, 6.07) is -2.53. The molecule has 52 heavy (non-hydrogen) atoms. The van der Waals surface area contributed by atoms with Crippen LogP contribution >= 0.6 is 0 Å². The molecule has 4 rings (SSSR count). The smallest absolute Gasteiger partial charge is 0.347 e. The molecule has 2 aliphatic rings. The van der Waals surface area contributed by atoms with E-state index in [-0.39, 0.29) is 27.7 Å². The molecule has 2 aromatic rings. The van der Waals surface area contributed by atoms with Gasteiger partial charge in [0.25, 0.3) is 0 Å². The number of halogens is 7. The number of nitrogens with zero attached hydrogens (tertiary/aromatic N) is 4. The van der Waals surface area contributed by atoms with Crippen LogP contribution in [0.1, 0.15) is 72.2 Å². The summed E-state index contributed by atoms with van der Waals surface area (Å²) < 4.78 is 96.2. The van der Waals surface area contributed by atoms with E-state index in [0.717, 1.165) is 29.8 Å². The monoisotopic (exact) mass is 758 g/mol. The summed E-state index contributed by atoms with van der Waals surface area (Å²) in [5, 5.41) is 86.4. The Kier molecular flexibility index (Phi) is 10.3. The molecular weight excluding hydrogens is 721 g/mol. The lowest BCUT2D eigenvalue weighted by molar-refractivity contribution is -0.604. The first-order valence-corrected chi connectivity index (χ1v) is 15.4. The zero-order valence-electron chi connectivity index (χ0n) is 28.1. The topological polar surface area (TPSA) is 209 Å². The molecule has 3 unspecified atom stereocenters. The van der Waals surface area contributed by atoms with Crippen molar-refractivity contribution in [2.75, 3.05) is 13.6 Å². The maximum absolute atomic E-state index is 14.5. The zero-order valence-corrected chi connectivity index (χ0v) is 28.1. The summed E-state index contributed by atoms with van der Waals surface area (Å²) in [5.41, 5.74) is -3.52. The molecule has 3 atom stereocenters. The van der Waals surface area contributed by atoms with Crippen LogP contribution in [0.3, 0.4) is 0 Å². The Morgan fingerprint density at radius 2 is 1.29 bits per heavy atom. The second-order valence-corrected chi connectivity index (χ2v) is 13.0. The Morgan fingerprint density at radius 3 is 1.73 bits per heavy atom. The number of likely N-dealkylation sites (tertiary alicyclic amines) is 1. The molecule has 290 valence electrons. The number of aryl methyl sites for hydroxylation is 2. The molecule has 2 fully saturated rings. The third-order valence-corrected chi connectivity index (χ3v) is 9.58. The Morgan fingerprint density at radius 1 is 0.808 bits per heavy atom. The fourth-order valence-electron chi connectivity index (χ4n) is 6.69. The van der Waals surface area contributed by atoms with Gasteiger partial charge >= 0.3 is 42.0 Å². The minimum absolute atomic E-state index is 0.0161. The number of amides is 3. The molecule has 0 radical (unpaired) electrons. The van der Waals surface area contributed by atoms with Gasteiger partial charge < -0.3 is 50.7 Å². The molecule has 0 bridgehead atoms. The molecule has 0 spiro atoms. The van der Waals surface area contributed by atoms with Gasteiger partial charge in [0, 0.05) is 26.6 Å². The number of rotatable bonds is 4. The highest BCUT2D eigenvalue weighted by atomic mass is 19.4. The number of piperazine rings is 1. The van der Waals surface area contributed by atoms with Crippen LogP contribution in [-0.4, -0.2) is 116 Å². The van der Waals surface area contributed by atoms with E-state index in [2.05, 4.69) is 0 Å². The Bertz CT molecular complexity index is 1670. The van der Waals surface area contributed by atoms with Crippen LogP contribution < -0.4 is 0 Å². The summed E-state index contributed by atoms with van der Waals surface area (Å²) in [6.45, 7) is 3.81. The van der Waals surface area contributed by atoms with Gasteiger partial charge in [0.15, 0.2) is 0 Å². The molecule has 2 saturated heterocycles. The molecule has 3 amide bonds. The van der Waals surface area contributed by atoms with Crippen molar-refractivity contribution in [3.8, 4) is 0 Å². The van der Waals surface area contributed by atoms with E-state index in [1.54, 1.807) is 0 Å². The highest BCUT2D eigenvalue weighted by molar-refractivity contribution is 5.76. The molecule has 2 aromatic carbocycles. The quantitative estimate of drug-likeness (QED) is 0.166.